The number of allylic oxidation sites excluding steroid dienone is 5. The van der Waals surface area contributed by atoms with Crippen molar-refractivity contribution in [3.8, 4) is 5.75 Å². The van der Waals surface area contributed by atoms with Gasteiger partial charge in [0.1, 0.15) is 23.0 Å². The van der Waals surface area contributed by atoms with Crippen molar-refractivity contribution in [2.75, 3.05) is 4.90 Å². The van der Waals surface area contributed by atoms with Crippen molar-refractivity contribution >= 4 is 60.4 Å². The van der Waals surface area contributed by atoms with Crippen LogP contribution in [0.15, 0.2) is 162 Å². The molecular weight excluding hydrogens is 574 g/mol. The number of para-hydroxylation sites is 1. The number of rotatable bonds is 4. The Bertz CT molecular complexity index is 2530. The summed E-state index contributed by atoms with van der Waals surface area (Å²) in [5, 5.41) is 7.26. The summed E-state index contributed by atoms with van der Waals surface area (Å²) < 4.78 is 13.1. The number of hydrogen-bond acceptors (Lipinski definition) is 3. The Morgan fingerprint density at radius 2 is 1.43 bits per heavy atom. The molecule has 0 fully saturated rings. The maximum Gasteiger partial charge on any atom is 0.137 e. The van der Waals surface area contributed by atoms with Crippen molar-refractivity contribution in [3.63, 3.8) is 0 Å². The van der Waals surface area contributed by atoms with Crippen molar-refractivity contribution in [2.45, 2.75) is 24.9 Å². The van der Waals surface area contributed by atoms with E-state index < -0.39 is 0 Å². The molecule has 224 valence electrons. The van der Waals surface area contributed by atoms with Gasteiger partial charge in [0.25, 0.3) is 0 Å². The molecule has 0 amide bonds. The van der Waals surface area contributed by atoms with Crippen LogP contribution in [0.4, 0.5) is 11.4 Å². The molecule has 3 heteroatoms. The van der Waals surface area contributed by atoms with Crippen LogP contribution >= 0.6 is 0 Å². The first kappa shape index (κ1) is 26.4. The summed E-state index contributed by atoms with van der Waals surface area (Å²) in [6.07, 6.45) is 15.6. The van der Waals surface area contributed by atoms with E-state index in [1.54, 1.807) is 0 Å². The van der Waals surface area contributed by atoms with Crippen molar-refractivity contribution in [1.82, 2.24) is 0 Å². The van der Waals surface area contributed by atoms with Crippen LogP contribution in [0.3, 0.4) is 0 Å². The third kappa shape index (κ3) is 4.20. The van der Waals surface area contributed by atoms with E-state index in [0.29, 0.717) is 0 Å². The molecule has 10 rings (SSSR count). The predicted molar refractivity (Wildman–Crippen MR) is 194 cm³/mol. The topological polar surface area (TPSA) is 25.6 Å². The molecular formula is C44H31NO2. The fourth-order valence-electron chi connectivity index (χ4n) is 7.83. The molecule has 7 aromatic rings. The van der Waals surface area contributed by atoms with Crippen LogP contribution in [-0.4, -0.2) is 6.10 Å². The van der Waals surface area contributed by atoms with Gasteiger partial charge in [-0.1, -0.05) is 91.0 Å². The maximum atomic E-state index is 6.73. The quantitative estimate of drug-likeness (QED) is 0.200. The summed E-state index contributed by atoms with van der Waals surface area (Å²) in [7, 11) is 0. The Morgan fingerprint density at radius 3 is 2.32 bits per heavy atom. The minimum absolute atomic E-state index is 0.0519. The highest BCUT2D eigenvalue weighted by Crippen LogP contribution is 2.49. The van der Waals surface area contributed by atoms with E-state index in [-0.39, 0.29) is 12.0 Å². The van der Waals surface area contributed by atoms with Crippen molar-refractivity contribution < 1.29 is 9.15 Å². The van der Waals surface area contributed by atoms with Crippen LogP contribution in [0.25, 0.3) is 49.1 Å². The van der Waals surface area contributed by atoms with Crippen LogP contribution in [0.2, 0.25) is 0 Å². The largest absolute Gasteiger partial charge is 0.485 e. The van der Waals surface area contributed by atoms with Gasteiger partial charge in [0.2, 0.25) is 0 Å². The minimum Gasteiger partial charge on any atom is -0.485 e. The minimum atomic E-state index is -0.0519. The van der Waals surface area contributed by atoms with Gasteiger partial charge in [-0.05, 0) is 100 Å². The second-order valence-corrected chi connectivity index (χ2v) is 12.7. The van der Waals surface area contributed by atoms with Gasteiger partial charge >= 0.3 is 0 Å². The van der Waals surface area contributed by atoms with E-state index in [0.717, 1.165) is 57.6 Å². The lowest BCUT2D eigenvalue weighted by atomic mass is 9.84. The van der Waals surface area contributed by atoms with Gasteiger partial charge < -0.3 is 14.1 Å². The molecule has 0 radical (unpaired) electrons. The Morgan fingerprint density at radius 1 is 0.660 bits per heavy atom. The zero-order valence-corrected chi connectivity index (χ0v) is 25.8. The molecule has 6 aromatic carbocycles. The highest BCUT2D eigenvalue weighted by molar-refractivity contribution is 6.06. The van der Waals surface area contributed by atoms with Gasteiger partial charge in [0, 0.05) is 45.4 Å². The highest BCUT2D eigenvalue weighted by Gasteiger charge is 2.37. The third-order valence-electron chi connectivity index (χ3n) is 10.0. The van der Waals surface area contributed by atoms with Gasteiger partial charge in [0.05, 0.1) is 0 Å². The molecule has 1 aromatic heterocycles. The molecule has 2 atom stereocenters. The van der Waals surface area contributed by atoms with Crippen molar-refractivity contribution in [3.05, 3.63) is 169 Å². The molecule has 0 saturated heterocycles. The van der Waals surface area contributed by atoms with Gasteiger partial charge in [-0.15, -0.1) is 0 Å². The zero-order valence-electron chi connectivity index (χ0n) is 25.8. The van der Waals surface area contributed by atoms with E-state index >= 15 is 0 Å². The fraction of sp³-hybridized carbons (Fsp3) is 0.0909. The Balaban J connectivity index is 1.15. The first-order valence-corrected chi connectivity index (χ1v) is 16.5. The first-order valence-electron chi connectivity index (χ1n) is 16.5. The Kier molecular flexibility index (Phi) is 5.83. The van der Waals surface area contributed by atoms with E-state index in [2.05, 4.69) is 144 Å². The average Bonchev–Trinajstić information content (AvgIpc) is 3.69. The number of hydrogen-bond donors (Lipinski definition) is 0. The van der Waals surface area contributed by atoms with E-state index in [9.17, 15) is 0 Å². The van der Waals surface area contributed by atoms with Crippen molar-refractivity contribution in [1.29, 1.82) is 0 Å². The molecule has 2 unspecified atom stereocenters. The third-order valence-corrected chi connectivity index (χ3v) is 10.0. The van der Waals surface area contributed by atoms with Crippen molar-refractivity contribution in [2.24, 2.45) is 0 Å². The number of anilines is 2. The van der Waals surface area contributed by atoms with Gasteiger partial charge in [-0.25, -0.2) is 0 Å². The molecule has 2 aliphatic carbocycles. The molecule has 0 N–H and O–H groups in total. The lowest BCUT2D eigenvalue weighted by Crippen LogP contribution is -2.23. The number of benzene rings is 6. The SMILES string of the molecule is C1=CCCC(c2cc3c(c4ccccc24)C2C=C(N(c4ccc5ccccc5c4)c4ccc5c(c4)oc4ccccc45)C=CC2O3)=C1. The normalized spacial score (nSPS) is 18.3. The van der Waals surface area contributed by atoms with E-state index in [1.807, 2.05) is 12.1 Å². The zero-order chi connectivity index (χ0) is 30.9. The molecule has 47 heavy (non-hydrogen) atoms. The second-order valence-electron chi connectivity index (χ2n) is 12.7. The molecule has 1 aliphatic heterocycles. The van der Waals surface area contributed by atoms with Crippen LogP contribution in [0, 0.1) is 0 Å². The fourth-order valence-corrected chi connectivity index (χ4v) is 7.83. The van der Waals surface area contributed by atoms with E-state index in [4.69, 9.17) is 9.15 Å². The first-order chi connectivity index (χ1) is 23.3. The lowest BCUT2D eigenvalue weighted by molar-refractivity contribution is 0.268. The van der Waals surface area contributed by atoms with Gasteiger partial charge in [-0.2, -0.15) is 0 Å². The molecule has 2 heterocycles. The smallest absolute Gasteiger partial charge is 0.137 e. The second kappa shape index (κ2) is 10.4. The van der Waals surface area contributed by atoms with Crippen LogP contribution < -0.4 is 9.64 Å². The summed E-state index contributed by atoms with van der Waals surface area (Å²) in [6, 6.07) is 41.3. The van der Waals surface area contributed by atoms with Crippen LogP contribution in [0.1, 0.15) is 29.9 Å². The summed E-state index contributed by atoms with van der Waals surface area (Å²) in [5.74, 6) is 1.08. The summed E-state index contributed by atoms with van der Waals surface area (Å²) in [6.45, 7) is 0. The van der Waals surface area contributed by atoms with Gasteiger partial charge in [-0.3, -0.25) is 0 Å². The van der Waals surface area contributed by atoms with Gasteiger partial charge in [0.15, 0.2) is 0 Å². The molecule has 3 nitrogen and oxygen atoms in total. The van der Waals surface area contributed by atoms with Crippen LogP contribution in [-0.2, 0) is 0 Å². The number of ether oxygens (including phenoxy) is 1. The number of nitrogens with zero attached hydrogens (tertiary/aromatic N) is 1. The Hall–Kier alpha value is -5.80. The molecule has 0 bridgehead atoms. The molecule has 0 spiro atoms. The summed E-state index contributed by atoms with van der Waals surface area (Å²) >= 11 is 0. The lowest BCUT2D eigenvalue weighted by Gasteiger charge is -2.30. The van der Waals surface area contributed by atoms with E-state index in [1.165, 1.54) is 38.2 Å². The predicted octanol–water partition coefficient (Wildman–Crippen LogP) is 11.8. The monoisotopic (exact) mass is 605 g/mol. The number of fused-ring (bicyclic) bond motifs is 9. The summed E-state index contributed by atoms with van der Waals surface area (Å²) in [4.78, 5) is 2.36. The standard InChI is InChI=1S/C44H31NO2/c1-2-11-29(12-3-1)38-27-43-44(37-16-7-6-14-34(37)38)39-25-32(21-23-41(39)47-43)45(31-19-18-28-10-4-5-13-30(28)24-31)33-20-22-36-35-15-8-9-17-40(35)46-42(36)26-33/h1-2,4-11,13-27,39,41H,3,12H2. The average molecular weight is 606 g/mol. The molecule has 3 aliphatic rings. The van der Waals surface area contributed by atoms with Crippen LogP contribution in [0.5, 0.6) is 5.75 Å². The molecule has 0 saturated carbocycles. The maximum absolute atomic E-state index is 6.73. The highest BCUT2D eigenvalue weighted by atomic mass is 16.5. The summed E-state index contributed by atoms with van der Waals surface area (Å²) in [5.41, 5.74) is 8.99. The number of furan rings is 1. The Labute approximate surface area is 273 Å².